The fraction of sp³-hybridized carbons (Fsp3) is 1.00. The van der Waals surface area contributed by atoms with E-state index in [1.807, 2.05) is 0 Å². The molecule has 0 unspecified atom stereocenters. The van der Waals surface area contributed by atoms with Gasteiger partial charge in [-0.15, -0.1) is 0 Å². The predicted octanol–water partition coefficient (Wildman–Crippen LogP) is 3.19. The zero-order valence-corrected chi connectivity index (χ0v) is 16.6. The van der Waals surface area contributed by atoms with E-state index in [0.717, 1.165) is 11.1 Å². The molecule has 0 aliphatic carbocycles. The number of rotatable bonds is 0. The van der Waals surface area contributed by atoms with E-state index >= 15 is 0 Å². The lowest BCUT2D eigenvalue weighted by atomic mass is 10.6. The largest absolute Gasteiger partial charge is 0.0660 e. The van der Waals surface area contributed by atoms with Gasteiger partial charge in [0.2, 0.25) is 0 Å². The maximum absolute atomic E-state index is 2.23. The first-order chi connectivity index (χ1) is 6.29. The predicted molar refractivity (Wildman–Crippen MR) is 82.0 cm³/mol. The SMILES string of the molecule is CC(C)[SiH3].CC(C)[SiH3].CCC.CCC. The highest BCUT2D eigenvalue weighted by Crippen LogP contribution is 1.85. The van der Waals surface area contributed by atoms with E-state index in [2.05, 4.69) is 55.4 Å². The lowest BCUT2D eigenvalue weighted by Gasteiger charge is -1.78. The molecule has 0 saturated carbocycles. The Hall–Kier alpha value is 0.434. The average Bonchev–Trinajstić information content (AvgIpc) is 1.85. The van der Waals surface area contributed by atoms with Crippen molar-refractivity contribution < 1.29 is 0 Å². The molecule has 0 N–H and O–H groups in total. The molecule has 0 aliphatic rings. The van der Waals surface area contributed by atoms with Crippen molar-refractivity contribution in [2.75, 3.05) is 0 Å². The van der Waals surface area contributed by atoms with Gasteiger partial charge in [-0.25, -0.2) is 0 Å². The maximum Gasteiger partial charge on any atom is 0.00602 e. The molecule has 0 fully saturated rings. The maximum atomic E-state index is 2.23. The van der Waals surface area contributed by atoms with Crippen LogP contribution in [0.1, 0.15) is 68.2 Å². The van der Waals surface area contributed by atoms with E-state index in [1.165, 1.54) is 33.3 Å². The van der Waals surface area contributed by atoms with Gasteiger partial charge in [-0.1, -0.05) is 79.3 Å². The van der Waals surface area contributed by atoms with E-state index in [1.54, 1.807) is 0 Å². The fourth-order valence-corrected chi connectivity index (χ4v) is 0. The summed E-state index contributed by atoms with van der Waals surface area (Å²) in [6, 6.07) is 0. The highest BCUT2D eigenvalue weighted by molar-refractivity contribution is 6.11. The Balaban J connectivity index is -0.0000000482. The molecule has 0 aliphatic heterocycles. The van der Waals surface area contributed by atoms with E-state index in [9.17, 15) is 0 Å². The summed E-state index contributed by atoms with van der Waals surface area (Å²) in [5, 5.41) is 0. The van der Waals surface area contributed by atoms with Gasteiger partial charge in [0.1, 0.15) is 0 Å². The van der Waals surface area contributed by atoms with Crippen LogP contribution in [0.4, 0.5) is 0 Å². The zero-order valence-electron chi connectivity index (χ0n) is 12.6. The third-order valence-electron chi connectivity index (χ3n) is 0. The summed E-state index contributed by atoms with van der Waals surface area (Å²) in [4.78, 5) is 0. The van der Waals surface area contributed by atoms with Crippen LogP contribution in [0, 0.1) is 0 Å². The van der Waals surface area contributed by atoms with Crippen LogP contribution < -0.4 is 0 Å². The van der Waals surface area contributed by atoms with Gasteiger partial charge in [0.25, 0.3) is 0 Å². The van der Waals surface area contributed by atoms with Crippen molar-refractivity contribution in [1.29, 1.82) is 0 Å². The molecule has 0 spiro atoms. The molecule has 0 rings (SSSR count). The summed E-state index contributed by atoms with van der Waals surface area (Å²) >= 11 is 0. The summed E-state index contributed by atoms with van der Waals surface area (Å²) in [5.41, 5.74) is 1.94. The Morgan fingerprint density at radius 3 is 0.643 bits per heavy atom. The van der Waals surface area contributed by atoms with Crippen LogP contribution in [0.5, 0.6) is 0 Å². The first-order valence-corrected chi connectivity index (χ1v) is 8.60. The van der Waals surface area contributed by atoms with E-state index in [4.69, 9.17) is 0 Å². The van der Waals surface area contributed by atoms with Crippen LogP contribution in [-0.2, 0) is 0 Å². The molecule has 0 aromatic rings. The Morgan fingerprint density at radius 1 is 0.643 bits per heavy atom. The third kappa shape index (κ3) is 8640. The first-order valence-electron chi connectivity index (χ1n) is 6.29. The van der Waals surface area contributed by atoms with Crippen molar-refractivity contribution in [2.45, 2.75) is 79.3 Å². The number of hydrogen-bond acceptors (Lipinski definition) is 0. The second-order valence-electron chi connectivity index (χ2n) is 4.88. The second kappa shape index (κ2) is 29.2. The van der Waals surface area contributed by atoms with Gasteiger partial charge in [-0.3, -0.25) is 0 Å². The smallest absolute Gasteiger partial charge is 0.00602 e. The van der Waals surface area contributed by atoms with Crippen LogP contribution in [0.2, 0.25) is 11.1 Å². The van der Waals surface area contributed by atoms with Crippen molar-refractivity contribution >= 4 is 20.5 Å². The molecule has 0 bridgehead atoms. The Kier molecular flexibility index (Phi) is 49.9. The molecule has 0 aromatic heterocycles. The van der Waals surface area contributed by atoms with Gasteiger partial charge >= 0.3 is 0 Å². The second-order valence-corrected chi connectivity index (χ2v) is 9.50. The lowest BCUT2D eigenvalue weighted by Crippen LogP contribution is -1.67. The van der Waals surface area contributed by atoms with Gasteiger partial charge in [0.15, 0.2) is 0 Å². The van der Waals surface area contributed by atoms with Crippen molar-refractivity contribution in [3.8, 4) is 0 Å². The normalized spacial score (nSPS) is 8.14. The Bertz CT molecular complexity index is 38.8. The molecular weight excluding hydrogens is 200 g/mol. The summed E-state index contributed by atoms with van der Waals surface area (Å²) in [6.07, 6.45) is 2.50. The molecular formula is C12H36Si2. The van der Waals surface area contributed by atoms with E-state index in [0.29, 0.717) is 0 Å². The summed E-state index contributed by atoms with van der Waals surface area (Å²) < 4.78 is 0. The van der Waals surface area contributed by atoms with Gasteiger partial charge in [-0.05, 0) is 0 Å². The minimum absolute atomic E-state index is 0.972. The van der Waals surface area contributed by atoms with Crippen LogP contribution in [-0.4, -0.2) is 20.5 Å². The highest BCUT2D eigenvalue weighted by Gasteiger charge is 1.69. The lowest BCUT2D eigenvalue weighted by molar-refractivity contribution is 1.08. The molecule has 0 radical (unpaired) electrons. The van der Waals surface area contributed by atoms with Crippen molar-refractivity contribution in [2.24, 2.45) is 0 Å². The fourth-order valence-electron chi connectivity index (χ4n) is 0. The van der Waals surface area contributed by atoms with Gasteiger partial charge in [0, 0.05) is 20.5 Å². The topological polar surface area (TPSA) is 0 Å². The average molecular weight is 237 g/mol. The van der Waals surface area contributed by atoms with Crippen molar-refractivity contribution in [1.82, 2.24) is 0 Å². The zero-order chi connectivity index (χ0) is 12.6. The third-order valence-corrected chi connectivity index (χ3v) is 0. The first kappa shape index (κ1) is 23.9. The van der Waals surface area contributed by atoms with Crippen LogP contribution in [0.15, 0.2) is 0 Å². The summed E-state index contributed by atoms with van der Waals surface area (Å²) in [5.74, 6) is 0. The standard InChI is InChI=1S/2C3H10Si.2C3H8/c2*1-3(2)4;2*1-3-2/h2*3H,1-2,4H3;2*3H2,1-2H3. The molecule has 92 valence electrons. The molecule has 0 aromatic carbocycles. The van der Waals surface area contributed by atoms with E-state index < -0.39 is 0 Å². The molecule has 14 heavy (non-hydrogen) atoms. The highest BCUT2D eigenvalue weighted by atomic mass is 28.1. The summed E-state index contributed by atoms with van der Waals surface area (Å²) in [6.45, 7) is 17.4. The van der Waals surface area contributed by atoms with Crippen molar-refractivity contribution in [3.63, 3.8) is 0 Å². The monoisotopic (exact) mass is 236 g/mol. The molecule has 0 amide bonds. The van der Waals surface area contributed by atoms with Gasteiger partial charge in [0.05, 0.1) is 0 Å². The quantitative estimate of drug-likeness (QED) is 0.567. The summed E-state index contributed by atoms with van der Waals surface area (Å²) in [7, 11) is 2.70. The Labute approximate surface area is 100 Å². The van der Waals surface area contributed by atoms with Gasteiger partial charge < -0.3 is 0 Å². The van der Waals surface area contributed by atoms with Crippen LogP contribution in [0.3, 0.4) is 0 Å². The molecule has 2 heteroatoms. The van der Waals surface area contributed by atoms with Crippen molar-refractivity contribution in [3.05, 3.63) is 0 Å². The minimum Gasteiger partial charge on any atom is -0.0660 e. The minimum atomic E-state index is 0.972. The molecule has 0 saturated heterocycles. The molecule has 0 atom stereocenters. The Morgan fingerprint density at radius 2 is 0.643 bits per heavy atom. The van der Waals surface area contributed by atoms with Gasteiger partial charge in [-0.2, -0.15) is 0 Å². The van der Waals surface area contributed by atoms with E-state index in [-0.39, 0.29) is 0 Å². The number of hydrogen-bond donors (Lipinski definition) is 0. The molecule has 0 nitrogen and oxygen atoms in total. The van der Waals surface area contributed by atoms with Crippen LogP contribution in [0.25, 0.3) is 0 Å². The van der Waals surface area contributed by atoms with Crippen LogP contribution >= 0.6 is 0 Å². The molecule has 0 heterocycles.